The molecule has 0 amide bonds. The minimum atomic E-state index is -0.403. The van der Waals surface area contributed by atoms with Crippen molar-refractivity contribution in [2.75, 3.05) is 7.11 Å². The summed E-state index contributed by atoms with van der Waals surface area (Å²) >= 11 is 5.80. The predicted molar refractivity (Wildman–Crippen MR) is 62.7 cm³/mol. The van der Waals surface area contributed by atoms with Crippen LogP contribution in [0.15, 0.2) is 42.7 Å². The van der Waals surface area contributed by atoms with Crippen molar-refractivity contribution in [3.05, 3.63) is 47.7 Å². The molecule has 0 spiro atoms. The summed E-state index contributed by atoms with van der Waals surface area (Å²) in [7, 11) is 1.35. The Morgan fingerprint density at radius 2 is 1.88 bits per heavy atom. The molecule has 0 fully saturated rings. The second-order valence-corrected chi connectivity index (χ2v) is 3.72. The summed E-state index contributed by atoms with van der Waals surface area (Å²) in [5, 5.41) is 0.691. The molecule has 0 saturated heterocycles. The Hall–Kier alpha value is -1.74. The van der Waals surface area contributed by atoms with Crippen LogP contribution in [0.3, 0.4) is 0 Å². The Morgan fingerprint density at radius 3 is 2.50 bits per heavy atom. The van der Waals surface area contributed by atoms with Gasteiger partial charge in [0.15, 0.2) is 0 Å². The highest BCUT2D eigenvalue weighted by Gasteiger charge is 2.05. The van der Waals surface area contributed by atoms with Crippen molar-refractivity contribution >= 4 is 17.7 Å². The van der Waals surface area contributed by atoms with Crippen LogP contribution in [0.25, 0.3) is 11.1 Å². The van der Waals surface area contributed by atoms with Crippen LogP contribution in [0.4, 0.5) is 4.79 Å². The average Bonchev–Trinajstić information content (AvgIpc) is 2.78. The summed E-state index contributed by atoms with van der Waals surface area (Å²) in [6.45, 7) is 0. The van der Waals surface area contributed by atoms with Crippen LogP contribution >= 0.6 is 11.6 Å². The Balaban J connectivity index is 2.31. The molecule has 0 aliphatic heterocycles. The van der Waals surface area contributed by atoms with Crippen molar-refractivity contribution in [1.82, 2.24) is 4.57 Å². The van der Waals surface area contributed by atoms with Crippen molar-refractivity contribution in [1.29, 1.82) is 0 Å². The fourth-order valence-corrected chi connectivity index (χ4v) is 1.55. The average molecular weight is 236 g/mol. The van der Waals surface area contributed by atoms with Gasteiger partial charge in [-0.3, -0.25) is 4.57 Å². The van der Waals surface area contributed by atoms with E-state index in [-0.39, 0.29) is 0 Å². The lowest BCUT2D eigenvalue weighted by atomic mass is 10.1. The number of benzene rings is 1. The third-order valence-corrected chi connectivity index (χ3v) is 2.51. The number of carbonyl (C=O) groups is 1. The van der Waals surface area contributed by atoms with Crippen LogP contribution < -0.4 is 0 Å². The standard InChI is InChI=1S/C12H10ClNO2/c1-16-12(15)14-7-6-10(8-14)9-2-4-11(13)5-3-9/h2-8H,1H3. The molecule has 0 aliphatic rings. The van der Waals surface area contributed by atoms with E-state index in [9.17, 15) is 4.79 Å². The van der Waals surface area contributed by atoms with Crippen molar-refractivity contribution in [3.63, 3.8) is 0 Å². The number of methoxy groups -OCH3 is 1. The van der Waals surface area contributed by atoms with E-state index in [4.69, 9.17) is 11.6 Å². The summed E-state index contributed by atoms with van der Waals surface area (Å²) in [4.78, 5) is 11.2. The SMILES string of the molecule is COC(=O)n1ccc(-c2ccc(Cl)cc2)c1. The minimum absolute atomic E-state index is 0.403. The number of hydrogen-bond acceptors (Lipinski definition) is 2. The Bertz CT molecular complexity index is 502. The zero-order valence-electron chi connectivity index (χ0n) is 8.68. The van der Waals surface area contributed by atoms with Gasteiger partial charge >= 0.3 is 6.09 Å². The number of nitrogens with zero attached hydrogens (tertiary/aromatic N) is 1. The molecule has 1 aromatic heterocycles. The van der Waals surface area contributed by atoms with E-state index < -0.39 is 6.09 Å². The summed E-state index contributed by atoms with van der Waals surface area (Å²) in [6, 6.07) is 9.28. The highest BCUT2D eigenvalue weighted by atomic mass is 35.5. The summed E-state index contributed by atoms with van der Waals surface area (Å²) in [5.41, 5.74) is 1.95. The topological polar surface area (TPSA) is 31.2 Å². The molecule has 4 heteroatoms. The van der Waals surface area contributed by atoms with Gasteiger partial charge in [-0.25, -0.2) is 4.79 Å². The van der Waals surface area contributed by atoms with Gasteiger partial charge in [-0.2, -0.15) is 0 Å². The Morgan fingerprint density at radius 1 is 1.19 bits per heavy atom. The minimum Gasteiger partial charge on any atom is -0.452 e. The fraction of sp³-hybridized carbons (Fsp3) is 0.0833. The Kier molecular flexibility index (Phi) is 2.97. The first-order chi connectivity index (χ1) is 7.70. The smallest absolute Gasteiger partial charge is 0.417 e. The van der Waals surface area contributed by atoms with E-state index in [0.717, 1.165) is 11.1 Å². The molecule has 16 heavy (non-hydrogen) atoms. The fourth-order valence-electron chi connectivity index (χ4n) is 1.43. The molecular weight excluding hydrogens is 226 g/mol. The molecule has 0 unspecified atom stereocenters. The van der Waals surface area contributed by atoms with Crippen LogP contribution in [0.1, 0.15) is 0 Å². The third-order valence-electron chi connectivity index (χ3n) is 2.26. The number of hydrogen-bond donors (Lipinski definition) is 0. The molecule has 0 atom stereocenters. The van der Waals surface area contributed by atoms with Crippen LogP contribution in [0, 0.1) is 0 Å². The molecule has 1 aromatic carbocycles. The van der Waals surface area contributed by atoms with Crippen LogP contribution in [0.5, 0.6) is 0 Å². The van der Waals surface area contributed by atoms with Gasteiger partial charge in [0.1, 0.15) is 0 Å². The molecule has 0 radical (unpaired) electrons. The first-order valence-corrected chi connectivity index (χ1v) is 5.11. The maximum atomic E-state index is 11.2. The molecule has 2 aromatic rings. The van der Waals surface area contributed by atoms with Crippen molar-refractivity contribution < 1.29 is 9.53 Å². The second-order valence-electron chi connectivity index (χ2n) is 3.28. The molecule has 0 aliphatic carbocycles. The number of halogens is 1. The number of aromatic nitrogens is 1. The van der Waals surface area contributed by atoms with Gasteiger partial charge < -0.3 is 4.74 Å². The van der Waals surface area contributed by atoms with E-state index in [1.807, 2.05) is 30.3 Å². The van der Waals surface area contributed by atoms with Gasteiger partial charge in [0.2, 0.25) is 0 Å². The molecular formula is C12H10ClNO2. The first kappa shape index (κ1) is 10.8. The lowest BCUT2D eigenvalue weighted by Gasteiger charge is -1.99. The normalized spacial score (nSPS) is 10.1. The number of rotatable bonds is 1. The summed E-state index contributed by atoms with van der Waals surface area (Å²) in [5.74, 6) is 0. The molecule has 0 N–H and O–H groups in total. The molecule has 0 saturated carbocycles. The van der Waals surface area contributed by atoms with E-state index in [1.165, 1.54) is 11.7 Å². The summed E-state index contributed by atoms with van der Waals surface area (Å²) < 4.78 is 6.00. The van der Waals surface area contributed by atoms with Gasteiger partial charge in [0, 0.05) is 17.4 Å². The first-order valence-electron chi connectivity index (χ1n) is 4.73. The Labute approximate surface area is 98.2 Å². The number of ether oxygens (including phenoxy) is 1. The molecule has 3 nitrogen and oxygen atoms in total. The van der Waals surface area contributed by atoms with E-state index in [0.29, 0.717) is 5.02 Å². The number of carbonyl (C=O) groups excluding carboxylic acids is 1. The predicted octanol–water partition coefficient (Wildman–Crippen LogP) is 3.42. The van der Waals surface area contributed by atoms with Crippen LogP contribution in [0.2, 0.25) is 5.02 Å². The largest absolute Gasteiger partial charge is 0.452 e. The van der Waals surface area contributed by atoms with E-state index >= 15 is 0 Å². The van der Waals surface area contributed by atoms with Gasteiger partial charge in [-0.1, -0.05) is 23.7 Å². The van der Waals surface area contributed by atoms with E-state index in [1.54, 1.807) is 12.4 Å². The van der Waals surface area contributed by atoms with E-state index in [2.05, 4.69) is 4.74 Å². The maximum Gasteiger partial charge on any atom is 0.417 e. The van der Waals surface area contributed by atoms with Gasteiger partial charge in [-0.05, 0) is 29.3 Å². The zero-order chi connectivity index (χ0) is 11.5. The third kappa shape index (κ3) is 2.09. The lowest BCUT2D eigenvalue weighted by Crippen LogP contribution is -2.08. The van der Waals surface area contributed by atoms with Crippen molar-refractivity contribution in [2.45, 2.75) is 0 Å². The highest BCUT2D eigenvalue weighted by molar-refractivity contribution is 6.30. The maximum absolute atomic E-state index is 11.2. The van der Waals surface area contributed by atoms with Gasteiger partial charge in [-0.15, -0.1) is 0 Å². The monoisotopic (exact) mass is 235 g/mol. The van der Waals surface area contributed by atoms with Gasteiger partial charge in [0.25, 0.3) is 0 Å². The lowest BCUT2D eigenvalue weighted by molar-refractivity contribution is 0.173. The summed E-state index contributed by atoms with van der Waals surface area (Å²) in [6.07, 6.45) is 2.98. The van der Waals surface area contributed by atoms with Crippen LogP contribution in [-0.4, -0.2) is 17.8 Å². The second kappa shape index (κ2) is 4.41. The molecule has 82 valence electrons. The zero-order valence-corrected chi connectivity index (χ0v) is 9.44. The van der Waals surface area contributed by atoms with Gasteiger partial charge in [0.05, 0.1) is 7.11 Å². The quantitative estimate of drug-likeness (QED) is 0.758. The molecule has 2 rings (SSSR count). The molecule has 0 bridgehead atoms. The van der Waals surface area contributed by atoms with Crippen molar-refractivity contribution in [2.24, 2.45) is 0 Å². The van der Waals surface area contributed by atoms with Crippen molar-refractivity contribution in [3.8, 4) is 11.1 Å². The molecule has 1 heterocycles. The van der Waals surface area contributed by atoms with Crippen LogP contribution in [-0.2, 0) is 4.74 Å². The highest BCUT2D eigenvalue weighted by Crippen LogP contribution is 2.21.